The number of para-hydroxylation sites is 1. The highest BCUT2D eigenvalue weighted by molar-refractivity contribution is 5.97. The monoisotopic (exact) mass is 341 g/mol. The molecule has 2 aromatic rings. The maximum atomic E-state index is 12.6. The Labute approximate surface area is 147 Å². The third kappa shape index (κ3) is 4.07. The number of pyridine rings is 1. The topological polar surface area (TPSA) is 71.5 Å². The van der Waals surface area contributed by atoms with Crippen molar-refractivity contribution in [1.29, 1.82) is 0 Å². The molecule has 1 saturated heterocycles. The van der Waals surface area contributed by atoms with Crippen LogP contribution in [0.15, 0.2) is 36.4 Å². The fraction of sp³-hybridized carbons (Fsp3) is 0.421. The standard InChI is InChI=1S/C19H23N3O3/c1-19(2,3)25-18(24)22-12-6-9-15(22)17(23)21-16-11-10-13-7-4-5-8-14(13)20-16/h4-5,7-8,10-11,15H,6,9,12H2,1-3H3,(H,20,21,23)/t15-/m0/s1. The van der Waals surface area contributed by atoms with Crippen LogP contribution >= 0.6 is 0 Å². The van der Waals surface area contributed by atoms with Crippen LogP contribution in [-0.4, -0.2) is 40.1 Å². The van der Waals surface area contributed by atoms with E-state index in [9.17, 15) is 9.59 Å². The molecule has 1 atom stereocenters. The van der Waals surface area contributed by atoms with E-state index in [1.54, 1.807) is 6.07 Å². The number of hydrogen-bond acceptors (Lipinski definition) is 4. The second kappa shape index (κ2) is 6.70. The summed E-state index contributed by atoms with van der Waals surface area (Å²) in [6.07, 6.45) is 0.956. The van der Waals surface area contributed by atoms with E-state index < -0.39 is 17.7 Å². The minimum atomic E-state index is -0.583. The molecule has 0 bridgehead atoms. The van der Waals surface area contributed by atoms with Crippen LogP contribution in [0.3, 0.4) is 0 Å². The molecule has 6 nitrogen and oxygen atoms in total. The molecule has 2 heterocycles. The number of amides is 2. The van der Waals surface area contributed by atoms with Crippen molar-refractivity contribution in [3.05, 3.63) is 36.4 Å². The van der Waals surface area contributed by atoms with Gasteiger partial charge >= 0.3 is 6.09 Å². The first-order chi connectivity index (χ1) is 11.8. The summed E-state index contributed by atoms with van der Waals surface area (Å²) in [7, 11) is 0. The summed E-state index contributed by atoms with van der Waals surface area (Å²) < 4.78 is 5.40. The van der Waals surface area contributed by atoms with Crippen LogP contribution in [0.4, 0.5) is 10.6 Å². The molecule has 1 aromatic carbocycles. The number of anilines is 1. The summed E-state index contributed by atoms with van der Waals surface area (Å²) >= 11 is 0. The first-order valence-corrected chi connectivity index (χ1v) is 8.50. The van der Waals surface area contributed by atoms with Gasteiger partial charge in [0, 0.05) is 11.9 Å². The maximum absolute atomic E-state index is 12.6. The first kappa shape index (κ1) is 17.2. The largest absolute Gasteiger partial charge is 0.444 e. The summed E-state index contributed by atoms with van der Waals surface area (Å²) in [4.78, 5) is 30.9. The van der Waals surface area contributed by atoms with Crippen LogP contribution < -0.4 is 5.32 Å². The third-order valence-corrected chi connectivity index (χ3v) is 4.03. The Kier molecular flexibility index (Phi) is 4.61. The number of ether oxygens (including phenoxy) is 1. The van der Waals surface area contributed by atoms with Crippen molar-refractivity contribution >= 4 is 28.7 Å². The maximum Gasteiger partial charge on any atom is 0.410 e. The van der Waals surface area contributed by atoms with Crippen molar-refractivity contribution in [2.24, 2.45) is 0 Å². The van der Waals surface area contributed by atoms with Crippen LogP contribution in [-0.2, 0) is 9.53 Å². The minimum absolute atomic E-state index is 0.230. The molecule has 25 heavy (non-hydrogen) atoms. The summed E-state index contributed by atoms with van der Waals surface area (Å²) in [5, 5.41) is 3.84. The van der Waals surface area contributed by atoms with Gasteiger partial charge in [-0.25, -0.2) is 9.78 Å². The molecule has 0 saturated carbocycles. The predicted molar refractivity (Wildman–Crippen MR) is 96.3 cm³/mol. The lowest BCUT2D eigenvalue weighted by molar-refractivity contribution is -0.120. The van der Waals surface area contributed by atoms with Crippen molar-refractivity contribution in [1.82, 2.24) is 9.88 Å². The summed E-state index contributed by atoms with van der Waals surface area (Å²) in [6.45, 7) is 5.97. The van der Waals surface area contributed by atoms with Crippen molar-refractivity contribution < 1.29 is 14.3 Å². The van der Waals surface area contributed by atoms with Gasteiger partial charge in [-0.3, -0.25) is 9.69 Å². The zero-order valence-corrected chi connectivity index (χ0v) is 14.8. The molecule has 1 aromatic heterocycles. The summed E-state index contributed by atoms with van der Waals surface area (Å²) in [6, 6.07) is 10.9. The molecule has 0 unspecified atom stereocenters. The number of fused-ring (bicyclic) bond motifs is 1. The fourth-order valence-electron chi connectivity index (χ4n) is 2.92. The quantitative estimate of drug-likeness (QED) is 0.906. The molecule has 132 valence electrons. The summed E-state index contributed by atoms with van der Waals surface area (Å²) in [5.41, 5.74) is 0.233. The number of aromatic nitrogens is 1. The Hall–Kier alpha value is -2.63. The van der Waals surface area contributed by atoms with E-state index in [4.69, 9.17) is 4.74 Å². The third-order valence-electron chi connectivity index (χ3n) is 4.03. The number of benzene rings is 1. The Balaban J connectivity index is 1.71. The molecule has 6 heteroatoms. The molecule has 1 fully saturated rings. The van der Waals surface area contributed by atoms with Gasteiger partial charge in [-0.05, 0) is 51.8 Å². The highest BCUT2D eigenvalue weighted by Gasteiger charge is 2.36. The van der Waals surface area contributed by atoms with Gasteiger partial charge in [0.25, 0.3) is 0 Å². The number of nitrogens with one attached hydrogen (secondary N) is 1. The average Bonchev–Trinajstić information content (AvgIpc) is 3.03. The van der Waals surface area contributed by atoms with E-state index in [1.807, 2.05) is 51.1 Å². The van der Waals surface area contributed by atoms with E-state index in [1.165, 1.54) is 4.90 Å². The van der Waals surface area contributed by atoms with Crippen LogP contribution in [0.2, 0.25) is 0 Å². The Morgan fingerprint density at radius 3 is 2.72 bits per heavy atom. The molecule has 0 aliphatic carbocycles. The Morgan fingerprint density at radius 2 is 1.96 bits per heavy atom. The number of likely N-dealkylation sites (tertiary alicyclic amines) is 1. The summed E-state index contributed by atoms with van der Waals surface area (Å²) in [5.74, 6) is 0.255. The fourth-order valence-corrected chi connectivity index (χ4v) is 2.92. The van der Waals surface area contributed by atoms with E-state index >= 15 is 0 Å². The minimum Gasteiger partial charge on any atom is -0.444 e. The van der Waals surface area contributed by atoms with E-state index in [0.717, 1.165) is 17.3 Å². The molecule has 1 aliphatic heterocycles. The molecule has 3 rings (SSSR count). The Morgan fingerprint density at radius 1 is 1.20 bits per heavy atom. The van der Waals surface area contributed by atoms with E-state index in [-0.39, 0.29) is 5.91 Å². The molecule has 0 spiro atoms. The predicted octanol–water partition coefficient (Wildman–Crippen LogP) is 3.57. The van der Waals surface area contributed by atoms with Gasteiger partial charge in [0.2, 0.25) is 5.91 Å². The first-order valence-electron chi connectivity index (χ1n) is 8.50. The van der Waals surface area contributed by atoms with Gasteiger partial charge < -0.3 is 10.1 Å². The van der Waals surface area contributed by atoms with Crippen molar-refractivity contribution in [2.45, 2.75) is 45.3 Å². The van der Waals surface area contributed by atoms with Crippen molar-refractivity contribution in [3.63, 3.8) is 0 Å². The number of carbonyl (C=O) groups excluding carboxylic acids is 2. The molecular formula is C19H23N3O3. The van der Waals surface area contributed by atoms with Crippen LogP contribution in [0.1, 0.15) is 33.6 Å². The molecule has 0 radical (unpaired) electrons. The molecule has 1 N–H and O–H groups in total. The lowest BCUT2D eigenvalue weighted by Crippen LogP contribution is -2.45. The van der Waals surface area contributed by atoms with E-state index in [2.05, 4.69) is 10.3 Å². The zero-order chi connectivity index (χ0) is 18.0. The van der Waals surface area contributed by atoms with E-state index in [0.29, 0.717) is 18.8 Å². The van der Waals surface area contributed by atoms with Gasteiger partial charge in [0.1, 0.15) is 17.5 Å². The number of carbonyl (C=O) groups is 2. The second-order valence-corrected chi connectivity index (χ2v) is 7.21. The second-order valence-electron chi connectivity index (χ2n) is 7.21. The normalized spacial score (nSPS) is 17.6. The van der Waals surface area contributed by atoms with Crippen LogP contribution in [0.5, 0.6) is 0 Å². The van der Waals surface area contributed by atoms with Crippen LogP contribution in [0, 0.1) is 0 Å². The van der Waals surface area contributed by atoms with Gasteiger partial charge in [0.05, 0.1) is 5.52 Å². The number of hydrogen-bond donors (Lipinski definition) is 1. The number of nitrogens with zero attached hydrogens (tertiary/aromatic N) is 2. The van der Waals surface area contributed by atoms with Gasteiger partial charge in [0.15, 0.2) is 0 Å². The Bertz CT molecular complexity index is 798. The molecule has 2 amide bonds. The van der Waals surface area contributed by atoms with Gasteiger partial charge in [-0.2, -0.15) is 0 Å². The average molecular weight is 341 g/mol. The van der Waals surface area contributed by atoms with Gasteiger partial charge in [-0.1, -0.05) is 18.2 Å². The highest BCUT2D eigenvalue weighted by atomic mass is 16.6. The van der Waals surface area contributed by atoms with Crippen LogP contribution in [0.25, 0.3) is 10.9 Å². The molecule has 1 aliphatic rings. The SMILES string of the molecule is CC(C)(C)OC(=O)N1CCC[C@H]1C(=O)Nc1ccc2ccccc2n1. The smallest absolute Gasteiger partial charge is 0.410 e. The van der Waals surface area contributed by atoms with Crippen molar-refractivity contribution in [2.75, 3.05) is 11.9 Å². The zero-order valence-electron chi connectivity index (χ0n) is 14.8. The van der Waals surface area contributed by atoms with Gasteiger partial charge in [-0.15, -0.1) is 0 Å². The highest BCUT2D eigenvalue weighted by Crippen LogP contribution is 2.22. The molecular weight excluding hydrogens is 318 g/mol. The van der Waals surface area contributed by atoms with Crippen molar-refractivity contribution in [3.8, 4) is 0 Å². The lowest BCUT2D eigenvalue weighted by Gasteiger charge is -2.27. The lowest BCUT2D eigenvalue weighted by atomic mass is 10.2. The number of rotatable bonds is 2.